The van der Waals surface area contributed by atoms with Crippen LogP contribution in [-0.4, -0.2) is 23.3 Å². The van der Waals surface area contributed by atoms with E-state index in [4.69, 9.17) is 4.74 Å². The second kappa shape index (κ2) is 6.86. The first kappa shape index (κ1) is 20.3. The summed E-state index contributed by atoms with van der Waals surface area (Å²) in [5.41, 5.74) is 4.97. The van der Waals surface area contributed by atoms with Gasteiger partial charge in [-0.1, -0.05) is 61.5 Å². The minimum Gasteiger partial charge on any atom is -0.359 e. The summed E-state index contributed by atoms with van der Waals surface area (Å²) in [6.45, 7) is 2.60. The molecule has 1 N–H and O–H groups in total. The number of hydrogen-bond acceptors (Lipinski definition) is 2. The summed E-state index contributed by atoms with van der Waals surface area (Å²) < 4.78 is 7.47. The number of benzene rings is 2. The number of rotatable bonds is 3. The van der Waals surface area contributed by atoms with Gasteiger partial charge in [-0.2, -0.15) is 0 Å². The molecule has 2 bridgehead atoms. The van der Waals surface area contributed by atoms with Crippen molar-refractivity contribution in [2.24, 2.45) is 11.3 Å². The number of allylic oxidation sites excluding steroid dienone is 1. The van der Waals surface area contributed by atoms with Gasteiger partial charge in [0.25, 0.3) is 0 Å². The fourth-order valence-electron chi connectivity index (χ4n) is 9.11. The lowest BCUT2D eigenvalue weighted by Crippen LogP contribution is -2.55. The van der Waals surface area contributed by atoms with Gasteiger partial charge in [0.05, 0.1) is 11.2 Å². The van der Waals surface area contributed by atoms with Crippen LogP contribution in [0.2, 0.25) is 0 Å². The molecule has 176 valence electrons. The van der Waals surface area contributed by atoms with Crippen LogP contribution < -0.4 is 5.32 Å². The Morgan fingerprint density at radius 1 is 0.912 bits per heavy atom. The van der Waals surface area contributed by atoms with Gasteiger partial charge in [0, 0.05) is 12.1 Å². The van der Waals surface area contributed by atoms with Crippen LogP contribution in [0.15, 0.2) is 65.8 Å². The average molecular weight is 452 g/mol. The van der Waals surface area contributed by atoms with E-state index < -0.39 is 0 Å². The Labute approximate surface area is 203 Å². The van der Waals surface area contributed by atoms with Crippen LogP contribution >= 0.6 is 0 Å². The number of nitrogens with one attached hydrogen (secondary N) is 1. The monoisotopic (exact) mass is 451 g/mol. The molecule has 2 spiro atoms. The maximum Gasteiger partial charge on any atom is 0.0974 e. The Balaban J connectivity index is 1.15. The highest BCUT2D eigenvalue weighted by molar-refractivity contribution is 5.83. The van der Waals surface area contributed by atoms with E-state index in [1.54, 1.807) is 16.7 Å². The van der Waals surface area contributed by atoms with E-state index in [1.807, 2.05) is 0 Å². The standard InChI is InChI=1S/C32H37NO/c1-30-15-14-25-19-24-8-9-27(33-26-10-11-26)20-31(24)16-17-32(25,34-31)29(30)13-12-28(30)23-7-6-21-4-2-3-5-22(21)18-23/h2-7,14,18-19,26-29,33H,8-13,15-17,20H2,1H3/t27-,28?,29+,30+,31+,32?/m0/s1. The zero-order valence-electron chi connectivity index (χ0n) is 20.5. The number of ether oxygens (including phenoxy) is 1. The van der Waals surface area contributed by atoms with Crippen molar-refractivity contribution < 1.29 is 4.74 Å². The largest absolute Gasteiger partial charge is 0.359 e. The van der Waals surface area contributed by atoms with Crippen molar-refractivity contribution in [3.05, 3.63) is 71.3 Å². The predicted molar refractivity (Wildman–Crippen MR) is 138 cm³/mol. The summed E-state index contributed by atoms with van der Waals surface area (Å²) >= 11 is 0. The van der Waals surface area contributed by atoms with Gasteiger partial charge < -0.3 is 10.1 Å². The van der Waals surface area contributed by atoms with Gasteiger partial charge in [0.15, 0.2) is 0 Å². The lowest BCUT2D eigenvalue weighted by molar-refractivity contribution is -0.136. The predicted octanol–water partition coefficient (Wildman–Crippen LogP) is 7.20. The molecule has 2 heteroatoms. The normalized spacial score (nSPS) is 42.6. The molecular weight excluding hydrogens is 414 g/mol. The molecule has 1 saturated heterocycles. The van der Waals surface area contributed by atoms with Crippen LogP contribution in [0.25, 0.3) is 10.8 Å². The molecule has 2 aromatic carbocycles. The third-order valence-corrected chi connectivity index (χ3v) is 10.9. The Morgan fingerprint density at radius 3 is 2.68 bits per heavy atom. The molecule has 6 atom stereocenters. The third kappa shape index (κ3) is 2.70. The Kier molecular flexibility index (Phi) is 4.10. The molecule has 0 aromatic heterocycles. The highest BCUT2D eigenvalue weighted by Crippen LogP contribution is 2.69. The molecule has 2 heterocycles. The second-order valence-electron chi connectivity index (χ2n) is 12.7. The zero-order chi connectivity index (χ0) is 22.5. The number of hydrogen-bond donors (Lipinski definition) is 1. The van der Waals surface area contributed by atoms with Crippen molar-refractivity contribution >= 4 is 10.8 Å². The quantitative estimate of drug-likeness (QED) is 0.533. The zero-order valence-corrected chi connectivity index (χ0v) is 20.5. The molecule has 4 fully saturated rings. The van der Waals surface area contributed by atoms with Crippen LogP contribution in [0, 0.1) is 11.3 Å². The van der Waals surface area contributed by atoms with Gasteiger partial charge in [-0.05, 0) is 109 Å². The average Bonchev–Trinajstić information content (AvgIpc) is 3.52. The lowest BCUT2D eigenvalue weighted by Gasteiger charge is -2.54. The SMILES string of the molecule is C[C@]12CC=C3C=C4CC[C@H](NC5CC5)C[C@]45CCC3(O5)[C@@H]1CCC2c1ccc2ccccc2c1. The molecule has 3 saturated carbocycles. The molecule has 2 aliphatic heterocycles. The highest BCUT2D eigenvalue weighted by Gasteiger charge is 2.66. The number of fused-ring (bicyclic) bond motifs is 2. The topological polar surface area (TPSA) is 21.3 Å². The molecule has 2 nitrogen and oxygen atoms in total. The summed E-state index contributed by atoms with van der Waals surface area (Å²) in [4.78, 5) is 0. The maximum absolute atomic E-state index is 7.47. The summed E-state index contributed by atoms with van der Waals surface area (Å²) in [7, 11) is 0. The molecular formula is C32H37NO. The summed E-state index contributed by atoms with van der Waals surface area (Å²) in [5, 5.41) is 6.69. The van der Waals surface area contributed by atoms with Gasteiger partial charge in [-0.3, -0.25) is 0 Å². The van der Waals surface area contributed by atoms with Crippen LogP contribution in [0.4, 0.5) is 0 Å². The van der Waals surface area contributed by atoms with E-state index in [2.05, 4.69) is 66.9 Å². The fraction of sp³-hybridized carbons (Fsp3) is 0.562. The minimum atomic E-state index is -0.0381. The Morgan fingerprint density at radius 2 is 1.79 bits per heavy atom. The minimum absolute atomic E-state index is 0.0153. The van der Waals surface area contributed by atoms with Crippen LogP contribution in [0.3, 0.4) is 0 Å². The van der Waals surface area contributed by atoms with E-state index in [0.717, 1.165) is 6.04 Å². The first-order valence-corrected chi connectivity index (χ1v) is 13.9. The van der Waals surface area contributed by atoms with E-state index in [-0.39, 0.29) is 16.6 Å². The van der Waals surface area contributed by atoms with E-state index in [0.29, 0.717) is 17.9 Å². The highest BCUT2D eigenvalue weighted by atomic mass is 16.5. The van der Waals surface area contributed by atoms with Crippen LogP contribution in [-0.2, 0) is 4.74 Å². The van der Waals surface area contributed by atoms with Crippen molar-refractivity contribution in [3.8, 4) is 0 Å². The Hall–Kier alpha value is -1.90. The third-order valence-electron chi connectivity index (χ3n) is 10.9. The molecule has 2 unspecified atom stereocenters. The van der Waals surface area contributed by atoms with Crippen molar-refractivity contribution in [1.82, 2.24) is 5.32 Å². The molecule has 4 aliphatic carbocycles. The molecule has 34 heavy (non-hydrogen) atoms. The molecule has 0 radical (unpaired) electrons. The molecule has 0 amide bonds. The van der Waals surface area contributed by atoms with Gasteiger partial charge in [-0.25, -0.2) is 0 Å². The fourth-order valence-corrected chi connectivity index (χ4v) is 9.11. The summed E-state index contributed by atoms with van der Waals surface area (Å²) in [6.07, 6.45) is 17.9. The van der Waals surface area contributed by atoms with Gasteiger partial charge in [-0.15, -0.1) is 0 Å². The van der Waals surface area contributed by atoms with E-state index in [9.17, 15) is 0 Å². The second-order valence-corrected chi connectivity index (χ2v) is 12.7. The van der Waals surface area contributed by atoms with Crippen LogP contribution in [0.1, 0.15) is 82.6 Å². The van der Waals surface area contributed by atoms with Crippen molar-refractivity contribution in [3.63, 3.8) is 0 Å². The van der Waals surface area contributed by atoms with E-state index >= 15 is 0 Å². The summed E-state index contributed by atoms with van der Waals surface area (Å²) in [5.74, 6) is 1.25. The summed E-state index contributed by atoms with van der Waals surface area (Å²) in [6, 6.07) is 17.5. The van der Waals surface area contributed by atoms with Gasteiger partial charge in [0.1, 0.15) is 0 Å². The smallest absolute Gasteiger partial charge is 0.0974 e. The van der Waals surface area contributed by atoms with E-state index in [1.165, 1.54) is 75.0 Å². The lowest BCUT2D eigenvalue weighted by atomic mass is 9.58. The first-order valence-electron chi connectivity index (χ1n) is 13.9. The first-order chi connectivity index (χ1) is 16.6. The molecule has 8 rings (SSSR count). The maximum atomic E-state index is 7.47. The van der Waals surface area contributed by atoms with Crippen molar-refractivity contribution in [2.75, 3.05) is 0 Å². The van der Waals surface area contributed by atoms with Gasteiger partial charge in [0.2, 0.25) is 0 Å². The van der Waals surface area contributed by atoms with Crippen molar-refractivity contribution in [1.29, 1.82) is 0 Å². The van der Waals surface area contributed by atoms with Gasteiger partial charge >= 0.3 is 0 Å². The molecule has 2 aromatic rings. The van der Waals surface area contributed by atoms with Crippen LogP contribution in [0.5, 0.6) is 0 Å². The Bertz CT molecular complexity index is 1240. The molecule has 6 aliphatic rings. The van der Waals surface area contributed by atoms with Crippen molar-refractivity contribution in [2.45, 2.75) is 100 Å².